The molecule has 5 nitrogen and oxygen atoms in total. The first-order valence-corrected chi connectivity index (χ1v) is 7.63. The average molecular weight is 283 g/mol. The molecule has 1 aliphatic rings. The van der Waals surface area contributed by atoms with E-state index in [0.717, 1.165) is 12.8 Å². The van der Waals surface area contributed by atoms with E-state index in [1.165, 1.54) is 19.3 Å². The van der Waals surface area contributed by atoms with Crippen molar-refractivity contribution in [1.29, 1.82) is 0 Å². The summed E-state index contributed by atoms with van der Waals surface area (Å²) in [5.41, 5.74) is -0.253. The lowest BCUT2D eigenvalue weighted by atomic mass is 9.95. The number of rotatable bonds is 5. The monoisotopic (exact) mass is 283 g/mol. The predicted octanol–water partition coefficient (Wildman–Crippen LogP) is 1.33. The maximum atomic E-state index is 11.9. The molecule has 1 aliphatic carbocycles. The summed E-state index contributed by atoms with van der Waals surface area (Å²) in [6.45, 7) is 7.78. The molecule has 1 unspecified atom stereocenters. The molecule has 0 aromatic heterocycles. The first-order valence-electron chi connectivity index (χ1n) is 7.63. The highest BCUT2D eigenvalue weighted by Crippen LogP contribution is 2.17. The van der Waals surface area contributed by atoms with Crippen molar-refractivity contribution in [3.8, 4) is 0 Å². The molecular weight excluding hydrogens is 254 g/mol. The first-order chi connectivity index (χ1) is 9.28. The molecule has 0 spiro atoms. The van der Waals surface area contributed by atoms with Gasteiger partial charge in [0.25, 0.3) is 0 Å². The zero-order valence-corrected chi connectivity index (χ0v) is 13.2. The Hall–Kier alpha value is -1.10. The first kappa shape index (κ1) is 17.0. The van der Waals surface area contributed by atoms with Gasteiger partial charge in [0.1, 0.15) is 0 Å². The molecule has 3 N–H and O–H groups in total. The number of carbonyl (C=O) groups is 2. The zero-order valence-electron chi connectivity index (χ0n) is 13.2. The molecule has 1 fully saturated rings. The van der Waals surface area contributed by atoms with Crippen molar-refractivity contribution in [2.45, 2.75) is 77.4 Å². The van der Waals surface area contributed by atoms with Crippen molar-refractivity contribution in [2.24, 2.45) is 0 Å². The molecule has 1 saturated carbocycles. The molecule has 116 valence electrons. The van der Waals surface area contributed by atoms with Crippen LogP contribution < -0.4 is 16.0 Å². The highest BCUT2D eigenvalue weighted by Gasteiger charge is 2.20. The van der Waals surface area contributed by atoms with E-state index >= 15 is 0 Å². The van der Waals surface area contributed by atoms with E-state index in [4.69, 9.17) is 0 Å². The second-order valence-electron chi connectivity index (χ2n) is 6.74. The molecule has 0 aliphatic heterocycles. The van der Waals surface area contributed by atoms with Gasteiger partial charge in [0, 0.05) is 11.6 Å². The van der Waals surface area contributed by atoms with E-state index in [0.29, 0.717) is 6.04 Å². The molecular formula is C15H29N3O2. The Kier molecular flexibility index (Phi) is 6.46. The fourth-order valence-electron chi connectivity index (χ4n) is 2.34. The molecule has 0 radical (unpaired) electrons. The van der Waals surface area contributed by atoms with E-state index in [1.807, 2.05) is 20.8 Å². The number of carbonyl (C=O) groups excluding carboxylic acids is 2. The molecule has 0 aromatic carbocycles. The lowest BCUT2D eigenvalue weighted by Crippen LogP contribution is -2.51. The molecule has 0 saturated heterocycles. The quantitative estimate of drug-likeness (QED) is 0.713. The minimum atomic E-state index is -0.369. The minimum absolute atomic E-state index is 0.0210. The Labute approximate surface area is 122 Å². The smallest absolute Gasteiger partial charge is 0.237 e. The van der Waals surface area contributed by atoms with Crippen molar-refractivity contribution in [3.63, 3.8) is 0 Å². The van der Waals surface area contributed by atoms with Gasteiger partial charge in [-0.15, -0.1) is 0 Å². The van der Waals surface area contributed by atoms with Crippen molar-refractivity contribution in [1.82, 2.24) is 16.0 Å². The van der Waals surface area contributed by atoms with Crippen molar-refractivity contribution in [3.05, 3.63) is 0 Å². The van der Waals surface area contributed by atoms with Crippen molar-refractivity contribution in [2.75, 3.05) is 6.54 Å². The van der Waals surface area contributed by atoms with Gasteiger partial charge in [0.15, 0.2) is 0 Å². The second-order valence-corrected chi connectivity index (χ2v) is 6.74. The van der Waals surface area contributed by atoms with Crippen LogP contribution in [0.5, 0.6) is 0 Å². The maximum Gasteiger partial charge on any atom is 0.237 e. The van der Waals surface area contributed by atoms with Gasteiger partial charge in [-0.1, -0.05) is 19.3 Å². The number of amides is 2. The Morgan fingerprint density at radius 2 is 1.75 bits per heavy atom. The van der Waals surface area contributed by atoms with Gasteiger partial charge in [-0.3, -0.25) is 14.9 Å². The molecule has 20 heavy (non-hydrogen) atoms. The largest absolute Gasteiger partial charge is 0.352 e. The fourth-order valence-corrected chi connectivity index (χ4v) is 2.34. The van der Waals surface area contributed by atoms with Crippen LogP contribution in [0.15, 0.2) is 0 Å². The van der Waals surface area contributed by atoms with Crippen LogP contribution in [0.2, 0.25) is 0 Å². The lowest BCUT2D eigenvalue weighted by Gasteiger charge is -2.25. The molecule has 1 atom stereocenters. The normalized spacial score (nSPS) is 18.4. The second kappa shape index (κ2) is 7.62. The Morgan fingerprint density at radius 1 is 1.15 bits per heavy atom. The third-order valence-corrected chi connectivity index (χ3v) is 3.43. The van der Waals surface area contributed by atoms with Gasteiger partial charge in [0.2, 0.25) is 11.8 Å². The summed E-state index contributed by atoms with van der Waals surface area (Å²) in [6.07, 6.45) is 5.82. The molecule has 0 aromatic rings. The molecule has 2 amide bonds. The van der Waals surface area contributed by atoms with Crippen LogP contribution in [-0.2, 0) is 9.59 Å². The Morgan fingerprint density at radius 3 is 2.30 bits per heavy atom. The summed E-state index contributed by atoms with van der Waals surface area (Å²) in [7, 11) is 0. The van der Waals surface area contributed by atoms with Gasteiger partial charge in [-0.25, -0.2) is 0 Å². The number of hydrogen-bond donors (Lipinski definition) is 3. The van der Waals surface area contributed by atoms with Gasteiger partial charge in [0.05, 0.1) is 12.6 Å². The summed E-state index contributed by atoms with van der Waals surface area (Å²) in [4.78, 5) is 23.7. The standard InChI is InChI=1S/C15H29N3O2/c1-11(14(20)18-15(2,3)4)16-10-13(19)17-12-8-6-5-7-9-12/h11-12,16H,5-10H2,1-4H3,(H,17,19)(H,18,20). The Bertz CT molecular complexity index is 331. The predicted molar refractivity (Wildman–Crippen MR) is 80.4 cm³/mol. The van der Waals surface area contributed by atoms with Crippen LogP contribution in [0.3, 0.4) is 0 Å². The Balaban J connectivity index is 2.24. The maximum absolute atomic E-state index is 11.9. The van der Waals surface area contributed by atoms with Crippen LogP contribution in [0.1, 0.15) is 59.8 Å². The third kappa shape index (κ3) is 6.89. The van der Waals surface area contributed by atoms with Crippen LogP contribution in [-0.4, -0.2) is 36.0 Å². The molecule has 0 bridgehead atoms. The number of nitrogens with one attached hydrogen (secondary N) is 3. The molecule has 5 heteroatoms. The highest BCUT2D eigenvalue weighted by molar-refractivity contribution is 5.83. The summed E-state index contributed by atoms with van der Waals surface area (Å²) < 4.78 is 0. The summed E-state index contributed by atoms with van der Waals surface area (Å²) in [5.74, 6) is -0.102. The van der Waals surface area contributed by atoms with Crippen LogP contribution >= 0.6 is 0 Å². The average Bonchev–Trinajstić information content (AvgIpc) is 2.35. The van der Waals surface area contributed by atoms with Gasteiger partial charge in [-0.2, -0.15) is 0 Å². The van der Waals surface area contributed by atoms with Crippen molar-refractivity contribution >= 4 is 11.8 Å². The van der Waals surface area contributed by atoms with E-state index < -0.39 is 0 Å². The molecule has 1 rings (SSSR count). The zero-order chi connectivity index (χ0) is 15.2. The summed E-state index contributed by atoms with van der Waals surface area (Å²) >= 11 is 0. The van der Waals surface area contributed by atoms with Gasteiger partial charge >= 0.3 is 0 Å². The SMILES string of the molecule is CC(NCC(=O)NC1CCCCC1)C(=O)NC(C)(C)C. The minimum Gasteiger partial charge on any atom is -0.352 e. The third-order valence-electron chi connectivity index (χ3n) is 3.43. The summed E-state index contributed by atoms with van der Waals surface area (Å²) in [6, 6.07) is -0.0527. The fraction of sp³-hybridized carbons (Fsp3) is 0.867. The van der Waals surface area contributed by atoms with Crippen molar-refractivity contribution < 1.29 is 9.59 Å². The van der Waals surface area contributed by atoms with E-state index in [2.05, 4.69) is 16.0 Å². The van der Waals surface area contributed by atoms with E-state index in [1.54, 1.807) is 6.92 Å². The van der Waals surface area contributed by atoms with Crippen LogP contribution in [0.4, 0.5) is 0 Å². The van der Waals surface area contributed by atoms with E-state index in [-0.39, 0.29) is 29.9 Å². The van der Waals surface area contributed by atoms with Crippen LogP contribution in [0.25, 0.3) is 0 Å². The summed E-state index contributed by atoms with van der Waals surface area (Å²) in [5, 5.41) is 8.89. The lowest BCUT2D eigenvalue weighted by molar-refractivity contribution is -0.124. The van der Waals surface area contributed by atoms with E-state index in [9.17, 15) is 9.59 Å². The topological polar surface area (TPSA) is 70.2 Å². The highest BCUT2D eigenvalue weighted by atomic mass is 16.2. The van der Waals surface area contributed by atoms with Crippen LogP contribution in [0, 0.1) is 0 Å². The van der Waals surface area contributed by atoms with Gasteiger partial charge in [-0.05, 0) is 40.5 Å². The number of hydrogen-bond acceptors (Lipinski definition) is 3. The van der Waals surface area contributed by atoms with Gasteiger partial charge < -0.3 is 10.6 Å². The molecule has 0 heterocycles.